The number of unbranched alkanes of at least 4 members (excludes halogenated alkanes) is 1. The number of rotatable bonds is 18. The predicted molar refractivity (Wildman–Crippen MR) is 121 cm³/mol. The molecule has 0 saturated heterocycles. The van der Waals surface area contributed by atoms with Gasteiger partial charge in [-0.15, -0.1) is 0 Å². The molecule has 4 heteroatoms. The lowest BCUT2D eigenvalue weighted by molar-refractivity contribution is -0.121. The minimum atomic E-state index is 0.0868. The summed E-state index contributed by atoms with van der Waals surface area (Å²) in [4.78, 5) is 11.6. The smallest absolute Gasteiger partial charge is 0.220 e. The summed E-state index contributed by atoms with van der Waals surface area (Å²) in [6.45, 7) is 4.29. The average Bonchev–Trinajstić information content (AvgIpc) is 2.70. The number of amides is 1. The van der Waals surface area contributed by atoms with Crippen LogP contribution in [0.5, 0.6) is 0 Å². The molecular weight excluding hydrogens is 348 g/mol. The Morgan fingerprint density at radius 2 is 1.36 bits per heavy atom. The molecule has 0 aliphatic rings. The van der Waals surface area contributed by atoms with Crippen molar-refractivity contribution in [3.05, 3.63) is 60.8 Å². The second-order valence-electron chi connectivity index (χ2n) is 6.35. The van der Waals surface area contributed by atoms with Crippen LogP contribution in [-0.4, -0.2) is 32.2 Å². The first-order valence-corrected chi connectivity index (χ1v) is 10.6. The molecule has 0 fully saturated rings. The van der Waals surface area contributed by atoms with Gasteiger partial charge in [-0.3, -0.25) is 4.79 Å². The lowest BCUT2D eigenvalue weighted by Gasteiger charge is -2.04. The lowest BCUT2D eigenvalue weighted by atomic mass is 10.2. The molecule has 0 unspecified atom stereocenters. The second kappa shape index (κ2) is 23.1. The maximum Gasteiger partial charge on any atom is 0.220 e. The van der Waals surface area contributed by atoms with Crippen LogP contribution >= 0.6 is 0 Å². The van der Waals surface area contributed by atoms with Crippen molar-refractivity contribution < 1.29 is 9.53 Å². The minimum absolute atomic E-state index is 0.0868. The van der Waals surface area contributed by atoms with E-state index in [-0.39, 0.29) is 5.91 Å². The van der Waals surface area contributed by atoms with E-state index in [1.165, 1.54) is 0 Å². The van der Waals surface area contributed by atoms with Crippen molar-refractivity contribution in [2.45, 2.75) is 58.3 Å². The Hall–Kier alpha value is -1.91. The third-order valence-electron chi connectivity index (χ3n) is 3.76. The van der Waals surface area contributed by atoms with E-state index in [1.807, 2.05) is 0 Å². The normalized spacial score (nSPS) is 12.5. The number of nitrogens with one attached hydrogen (secondary N) is 1. The van der Waals surface area contributed by atoms with Crippen molar-refractivity contribution in [3.8, 4) is 0 Å². The van der Waals surface area contributed by atoms with Gasteiger partial charge >= 0.3 is 0 Å². The van der Waals surface area contributed by atoms with Crippen molar-refractivity contribution in [3.63, 3.8) is 0 Å². The van der Waals surface area contributed by atoms with Crippen molar-refractivity contribution in [2.75, 3.05) is 26.3 Å². The largest absolute Gasteiger partial charge is 0.378 e. The molecule has 3 N–H and O–H groups in total. The molecule has 0 spiro atoms. The van der Waals surface area contributed by atoms with Crippen LogP contribution in [0.4, 0.5) is 0 Å². The summed E-state index contributed by atoms with van der Waals surface area (Å²) < 4.78 is 5.21. The summed E-state index contributed by atoms with van der Waals surface area (Å²) in [5, 5.41) is 2.84. The first-order valence-electron chi connectivity index (χ1n) is 10.6. The number of ether oxygens (including phenoxy) is 1. The van der Waals surface area contributed by atoms with Crippen molar-refractivity contribution in [1.29, 1.82) is 0 Å². The highest BCUT2D eigenvalue weighted by molar-refractivity contribution is 5.75. The Morgan fingerprint density at radius 3 is 1.89 bits per heavy atom. The van der Waals surface area contributed by atoms with E-state index < -0.39 is 0 Å². The maximum atomic E-state index is 11.6. The first-order chi connectivity index (χ1) is 13.8. The third kappa shape index (κ3) is 22.1. The van der Waals surface area contributed by atoms with Gasteiger partial charge in [0.1, 0.15) is 0 Å². The summed E-state index contributed by atoms with van der Waals surface area (Å²) in [6, 6.07) is 0. The Kier molecular flexibility index (Phi) is 21.6. The molecule has 4 nitrogen and oxygen atoms in total. The molecule has 0 saturated carbocycles. The molecule has 0 aliphatic carbocycles. The van der Waals surface area contributed by atoms with E-state index in [9.17, 15) is 4.79 Å². The number of nitrogens with two attached hydrogens (primary N) is 1. The molecule has 0 aromatic carbocycles. The molecule has 0 radical (unpaired) electrons. The highest BCUT2D eigenvalue weighted by atomic mass is 16.5. The number of carbonyl (C=O) groups excluding carboxylic acids is 1. The zero-order valence-electron chi connectivity index (χ0n) is 17.7. The second-order valence-corrected chi connectivity index (χ2v) is 6.35. The van der Waals surface area contributed by atoms with Crippen LogP contribution in [0.1, 0.15) is 58.3 Å². The molecule has 0 rings (SSSR count). The van der Waals surface area contributed by atoms with Gasteiger partial charge in [-0.25, -0.2) is 0 Å². The zero-order chi connectivity index (χ0) is 20.5. The van der Waals surface area contributed by atoms with Gasteiger partial charge in [0.15, 0.2) is 0 Å². The van der Waals surface area contributed by atoms with E-state index in [0.29, 0.717) is 32.7 Å². The summed E-state index contributed by atoms with van der Waals surface area (Å²) in [5.41, 5.74) is 5.32. The molecule has 0 atom stereocenters. The van der Waals surface area contributed by atoms with E-state index in [2.05, 4.69) is 73.0 Å². The van der Waals surface area contributed by atoms with Crippen molar-refractivity contribution >= 4 is 5.91 Å². The zero-order valence-corrected chi connectivity index (χ0v) is 17.7. The van der Waals surface area contributed by atoms with Gasteiger partial charge in [-0.2, -0.15) is 0 Å². The third-order valence-corrected chi connectivity index (χ3v) is 3.76. The van der Waals surface area contributed by atoms with Crippen LogP contribution in [0.25, 0.3) is 0 Å². The van der Waals surface area contributed by atoms with Crippen molar-refractivity contribution in [1.82, 2.24) is 5.32 Å². The van der Waals surface area contributed by atoms with Crippen LogP contribution in [0.15, 0.2) is 60.8 Å². The summed E-state index contributed by atoms with van der Waals surface area (Å²) >= 11 is 0. The van der Waals surface area contributed by atoms with E-state index >= 15 is 0 Å². The summed E-state index contributed by atoms with van der Waals surface area (Å²) in [5.74, 6) is 0.0868. The molecule has 0 bridgehead atoms. The van der Waals surface area contributed by atoms with Crippen molar-refractivity contribution in [2.24, 2.45) is 5.73 Å². The molecule has 1 amide bonds. The maximum absolute atomic E-state index is 11.6. The number of hydrogen-bond acceptors (Lipinski definition) is 3. The van der Waals surface area contributed by atoms with Crippen LogP contribution in [0, 0.1) is 0 Å². The molecule has 158 valence electrons. The van der Waals surface area contributed by atoms with E-state index in [1.54, 1.807) is 0 Å². The number of allylic oxidation sites excluding steroid dienone is 10. The fourth-order valence-electron chi connectivity index (χ4n) is 2.29. The molecule has 28 heavy (non-hydrogen) atoms. The van der Waals surface area contributed by atoms with Gasteiger partial charge in [-0.05, 0) is 44.9 Å². The molecule has 0 aromatic rings. The van der Waals surface area contributed by atoms with Gasteiger partial charge in [0.05, 0.1) is 13.2 Å². The Balaban J connectivity index is 3.47. The standard InChI is InChI=1S/C24H40N2O2/c1-2-3-4-5-6-7-8-9-10-11-12-13-14-15-16-17-18-19-24(27)26-21-23-28-22-20-25/h3-4,6-7,9-10,12-13,15-16H,2,5,8,11,14,17-23,25H2,1H3,(H,26,27)/b4-3-,7-6-,10-9-,13-12-,16-15-. The molecular formula is C24H40N2O2. The fraction of sp³-hybridized carbons (Fsp3) is 0.542. The Bertz CT molecular complexity index is 491. The van der Waals surface area contributed by atoms with Gasteiger partial charge in [-0.1, -0.05) is 67.7 Å². The topological polar surface area (TPSA) is 64.3 Å². The summed E-state index contributed by atoms with van der Waals surface area (Å²) in [6.07, 6.45) is 29.3. The minimum Gasteiger partial charge on any atom is -0.378 e. The predicted octanol–water partition coefficient (Wildman–Crippen LogP) is 5.00. The highest BCUT2D eigenvalue weighted by Gasteiger charge is 1.98. The van der Waals surface area contributed by atoms with Gasteiger partial charge in [0.25, 0.3) is 0 Å². The van der Waals surface area contributed by atoms with Crippen LogP contribution < -0.4 is 11.1 Å². The molecule has 0 aromatic heterocycles. The quantitative estimate of drug-likeness (QED) is 0.256. The molecule has 0 aliphatic heterocycles. The number of hydrogen-bond donors (Lipinski definition) is 2. The van der Waals surface area contributed by atoms with Crippen LogP contribution in [0.3, 0.4) is 0 Å². The highest BCUT2D eigenvalue weighted by Crippen LogP contribution is 1.99. The van der Waals surface area contributed by atoms with Crippen LogP contribution in [-0.2, 0) is 9.53 Å². The average molecular weight is 389 g/mol. The Morgan fingerprint density at radius 1 is 0.821 bits per heavy atom. The fourth-order valence-corrected chi connectivity index (χ4v) is 2.29. The lowest BCUT2D eigenvalue weighted by Crippen LogP contribution is -2.27. The number of carbonyl (C=O) groups is 1. The van der Waals surface area contributed by atoms with E-state index in [0.717, 1.165) is 44.9 Å². The van der Waals surface area contributed by atoms with Gasteiger partial charge in [0, 0.05) is 19.5 Å². The Labute approximate surface area is 172 Å². The van der Waals surface area contributed by atoms with Gasteiger partial charge < -0.3 is 15.8 Å². The van der Waals surface area contributed by atoms with E-state index in [4.69, 9.17) is 10.5 Å². The SMILES string of the molecule is CC/C=C\C/C=C\C/C=C\C/C=C\C/C=C\CCCC(=O)NCCOCCN. The van der Waals surface area contributed by atoms with Gasteiger partial charge in [0.2, 0.25) is 5.91 Å². The summed E-state index contributed by atoms with van der Waals surface area (Å²) in [7, 11) is 0. The molecule has 0 heterocycles. The monoisotopic (exact) mass is 388 g/mol. The first kappa shape index (κ1) is 26.1. The van der Waals surface area contributed by atoms with Crippen LogP contribution in [0.2, 0.25) is 0 Å².